The van der Waals surface area contributed by atoms with Crippen molar-refractivity contribution < 1.29 is 0 Å². The van der Waals surface area contributed by atoms with Gasteiger partial charge >= 0.3 is 0 Å². The van der Waals surface area contributed by atoms with Crippen molar-refractivity contribution >= 4 is 11.8 Å². The largest absolute Gasteiger partial charge is 0.0901 e. The van der Waals surface area contributed by atoms with Gasteiger partial charge in [0.2, 0.25) is 0 Å². The minimum atomic E-state index is 0.365. The molecule has 0 fully saturated rings. The number of hydrogen-bond acceptors (Lipinski definition) is 1. The summed E-state index contributed by atoms with van der Waals surface area (Å²) in [5.74, 6) is 0.365. The summed E-state index contributed by atoms with van der Waals surface area (Å²) in [6.45, 7) is 0. The Morgan fingerprint density at radius 2 is 0.963 bits per heavy atom. The van der Waals surface area contributed by atoms with Gasteiger partial charge in [0, 0.05) is 15.7 Å². The lowest BCUT2D eigenvalue weighted by atomic mass is 9.86. The van der Waals surface area contributed by atoms with Crippen LogP contribution in [-0.4, -0.2) is 0 Å². The van der Waals surface area contributed by atoms with Crippen LogP contribution in [0.1, 0.15) is 22.6 Å². The van der Waals surface area contributed by atoms with Gasteiger partial charge in [-0.05, 0) is 47.4 Å². The molecule has 132 valence electrons. The van der Waals surface area contributed by atoms with Crippen LogP contribution in [0.4, 0.5) is 0 Å². The smallest absolute Gasteiger partial charge is 0.0130 e. The van der Waals surface area contributed by atoms with Gasteiger partial charge in [0.15, 0.2) is 0 Å². The van der Waals surface area contributed by atoms with Gasteiger partial charge in [-0.3, -0.25) is 0 Å². The summed E-state index contributed by atoms with van der Waals surface area (Å²) in [4.78, 5) is 2.55. The normalized spacial score (nSPS) is 11.9. The maximum absolute atomic E-state index is 2.28. The molecule has 0 heterocycles. The molecule has 1 unspecified atom stereocenters. The topological polar surface area (TPSA) is 0 Å². The molecular weight excluding hydrogens is 344 g/mol. The third kappa shape index (κ3) is 4.69. The molecule has 0 aromatic heterocycles. The Kier molecular flexibility index (Phi) is 5.71. The average Bonchev–Trinajstić information content (AvgIpc) is 2.75. The highest BCUT2D eigenvalue weighted by Crippen LogP contribution is 2.32. The van der Waals surface area contributed by atoms with Crippen molar-refractivity contribution in [2.24, 2.45) is 0 Å². The lowest BCUT2D eigenvalue weighted by Gasteiger charge is -2.19. The molecule has 0 nitrogen and oxygen atoms in total. The summed E-state index contributed by atoms with van der Waals surface area (Å²) in [6.07, 6.45) is 1.01. The van der Waals surface area contributed by atoms with Crippen LogP contribution in [0.2, 0.25) is 0 Å². The highest BCUT2D eigenvalue weighted by Gasteiger charge is 2.15. The van der Waals surface area contributed by atoms with Crippen LogP contribution in [0.25, 0.3) is 0 Å². The molecule has 0 aliphatic carbocycles. The molecular formula is C26H22S. The van der Waals surface area contributed by atoms with E-state index in [1.165, 1.54) is 26.5 Å². The van der Waals surface area contributed by atoms with Crippen LogP contribution in [0.3, 0.4) is 0 Å². The first-order chi connectivity index (χ1) is 13.4. The van der Waals surface area contributed by atoms with E-state index < -0.39 is 0 Å². The quantitative estimate of drug-likeness (QED) is 0.347. The monoisotopic (exact) mass is 366 g/mol. The van der Waals surface area contributed by atoms with Gasteiger partial charge < -0.3 is 0 Å². The van der Waals surface area contributed by atoms with E-state index in [1.54, 1.807) is 0 Å². The zero-order valence-electron chi connectivity index (χ0n) is 15.2. The Hall–Kier alpha value is -2.77. The first kappa shape index (κ1) is 17.6. The molecule has 0 N–H and O–H groups in total. The lowest BCUT2D eigenvalue weighted by Crippen LogP contribution is -2.05. The van der Waals surface area contributed by atoms with Crippen LogP contribution in [-0.2, 0) is 6.42 Å². The van der Waals surface area contributed by atoms with Crippen LogP contribution < -0.4 is 0 Å². The molecule has 0 radical (unpaired) electrons. The summed E-state index contributed by atoms with van der Waals surface area (Å²) in [6, 6.07) is 41.2. The SMILES string of the molecule is c1ccc(CC(c2ccccc2)c2ccc(Sc3ccccc3)cc2)cc1. The molecule has 1 atom stereocenters. The van der Waals surface area contributed by atoms with E-state index in [0.717, 1.165) is 6.42 Å². The van der Waals surface area contributed by atoms with Crippen molar-refractivity contribution in [3.63, 3.8) is 0 Å². The molecule has 0 saturated carbocycles. The van der Waals surface area contributed by atoms with Gasteiger partial charge in [-0.2, -0.15) is 0 Å². The molecule has 0 bridgehead atoms. The maximum atomic E-state index is 2.28. The van der Waals surface area contributed by atoms with E-state index in [-0.39, 0.29) is 0 Å². The third-order valence-electron chi connectivity index (χ3n) is 4.75. The van der Waals surface area contributed by atoms with Gasteiger partial charge in [0.25, 0.3) is 0 Å². The Labute approximate surface area is 165 Å². The second-order valence-electron chi connectivity index (χ2n) is 6.64. The third-order valence-corrected chi connectivity index (χ3v) is 5.76. The van der Waals surface area contributed by atoms with E-state index in [9.17, 15) is 0 Å². The first-order valence-electron chi connectivity index (χ1n) is 9.30. The van der Waals surface area contributed by atoms with Crippen molar-refractivity contribution in [2.75, 3.05) is 0 Å². The summed E-state index contributed by atoms with van der Waals surface area (Å²) >= 11 is 1.81. The fourth-order valence-corrected chi connectivity index (χ4v) is 4.19. The molecule has 27 heavy (non-hydrogen) atoms. The molecule has 4 aromatic rings. The minimum Gasteiger partial charge on any atom is -0.0901 e. The van der Waals surface area contributed by atoms with Crippen LogP contribution in [0.15, 0.2) is 125 Å². The van der Waals surface area contributed by atoms with Crippen LogP contribution >= 0.6 is 11.8 Å². The van der Waals surface area contributed by atoms with Crippen molar-refractivity contribution in [1.29, 1.82) is 0 Å². The summed E-state index contributed by atoms with van der Waals surface area (Å²) in [5, 5.41) is 0. The van der Waals surface area contributed by atoms with Crippen molar-refractivity contribution in [3.05, 3.63) is 132 Å². The van der Waals surface area contributed by atoms with Gasteiger partial charge in [-0.15, -0.1) is 0 Å². The van der Waals surface area contributed by atoms with E-state index in [4.69, 9.17) is 0 Å². The molecule has 0 aliphatic heterocycles. The summed E-state index contributed by atoms with van der Waals surface area (Å²) < 4.78 is 0. The highest BCUT2D eigenvalue weighted by molar-refractivity contribution is 7.99. The fraction of sp³-hybridized carbons (Fsp3) is 0.0769. The maximum Gasteiger partial charge on any atom is 0.0130 e. The first-order valence-corrected chi connectivity index (χ1v) is 10.1. The molecule has 0 saturated heterocycles. The van der Waals surface area contributed by atoms with E-state index >= 15 is 0 Å². The standard InChI is InChI=1S/C26H22S/c1-4-10-21(11-5-1)20-26(22-12-6-2-7-13-22)23-16-18-25(19-17-23)27-24-14-8-3-9-15-24/h1-19,26H,20H2. The second-order valence-corrected chi connectivity index (χ2v) is 7.78. The fourth-order valence-electron chi connectivity index (χ4n) is 3.36. The van der Waals surface area contributed by atoms with E-state index in [1.807, 2.05) is 11.8 Å². The van der Waals surface area contributed by atoms with Gasteiger partial charge in [-0.1, -0.05) is 103 Å². The van der Waals surface area contributed by atoms with Gasteiger partial charge in [-0.25, -0.2) is 0 Å². The van der Waals surface area contributed by atoms with E-state index in [2.05, 4.69) is 115 Å². The lowest BCUT2D eigenvalue weighted by molar-refractivity contribution is 0.804. The van der Waals surface area contributed by atoms with Gasteiger partial charge in [0.05, 0.1) is 0 Å². The average molecular weight is 367 g/mol. The molecule has 4 rings (SSSR count). The van der Waals surface area contributed by atoms with E-state index in [0.29, 0.717) is 5.92 Å². The van der Waals surface area contributed by atoms with Crippen molar-refractivity contribution in [1.82, 2.24) is 0 Å². The zero-order chi connectivity index (χ0) is 18.3. The molecule has 1 heteroatoms. The predicted molar refractivity (Wildman–Crippen MR) is 115 cm³/mol. The number of benzene rings is 4. The second kappa shape index (κ2) is 8.75. The zero-order valence-corrected chi connectivity index (χ0v) is 16.0. The molecule has 0 spiro atoms. The van der Waals surface area contributed by atoms with Crippen LogP contribution in [0.5, 0.6) is 0 Å². The predicted octanol–water partition coefficient (Wildman–Crippen LogP) is 7.21. The van der Waals surface area contributed by atoms with Crippen LogP contribution in [0, 0.1) is 0 Å². The number of rotatable bonds is 6. The van der Waals surface area contributed by atoms with Gasteiger partial charge in [0.1, 0.15) is 0 Å². The summed E-state index contributed by atoms with van der Waals surface area (Å²) in [5.41, 5.74) is 4.10. The van der Waals surface area contributed by atoms with Crippen molar-refractivity contribution in [2.45, 2.75) is 22.1 Å². The molecule has 0 aliphatic rings. The Morgan fingerprint density at radius 3 is 1.59 bits per heavy atom. The molecule has 0 amide bonds. The Balaban J connectivity index is 1.60. The highest BCUT2D eigenvalue weighted by atomic mass is 32.2. The summed E-state index contributed by atoms with van der Waals surface area (Å²) in [7, 11) is 0. The van der Waals surface area contributed by atoms with Crippen molar-refractivity contribution in [3.8, 4) is 0 Å². The number of hydrogen-bond donors (Lipinski definition) is 0. The minimum absolute atomic E-state index is 0.365. The molecule has 4 aromatic carbocycles. The Bertz CT molecular complexity index is 945. The Morgan fingerprint density at radius 1 is 0.481 bits per heavy atom.